The van der Waals surface area contributed by atoms with E-state index in [0.717, 1.165) is 30.2 Å². The van der Waals surface area contributed by atoms with Crippen LogP contribution in [0.1, 0.15) is 42.1 Å². The third-order valence-electron chi connectivity index (χ3n) is 3.21. The lowest BCUT2D eigenvalue weighted by atomic mass is 10.0. The summed E-state index contributed by atoms with van der Waals surface area (Å²) in [6.45, 7) is 4.60. The summed E-state index contributed by atoms with van der Waals surface area (Å²) in [6, 6.07) is 4.30. The molecule has 0 aromatic heterocycles. The summed E-state index contributed by atoms with van der Waals surface area (Å²) in [6.07, 6.45) is 3.23. The van der Waals surface area contributed by atoms with Crippen molar-refractivity contribution < 1.29 is 9.18 Å². The van der Waals surface area contributed by atoms with Gasteiger partial charge in [-0.3, -0.25) is 4.79 Å². The fraction of sp³-hybridized carbons (Fsp3) is 0.533. The maximum atomic E-state index is 13.2. The van der Waals surface area contributed by atoms with Crippen molar-refractivity contribution in [1.82, 2.24) is 5.32 Å². The second kappa shape index (κ2) is 8.31. The molecule has 19 heavy (non-hydrogen) atoms. The molecule has 1 aromatic rings. The Balaban J connectivity index is 2.61. The first-order chi connectivity index (χ1) is 9.08. The number of rotatable bonds is 7. The molecule has 0 saturated heterocycles. The van der Waals surface area contributed by atoms with Crippen LogP contribution in [0, 0.1) is 18.7 Å². The van der Waals surface area contributed by atoms with E-state index < -0.39 is 0 Å². The largest absolute Gasteiger partial charge is 0.352 e. The molecule has 0 bridgehead atoms. The van der Waals surface area contributed by atoms with Crippen LogP contribution in [0.3, 0.4) is 0 Å². The smallest absolute Gasteiger partial charge is 0.251 e. The van der Waals surface area contributed by atoms with Crippen LogP contribution in [0.15, 0.2) is 18.2 Å². The summed E-state index contributed by atoms with van der Waals surface area (Å²) in [5.74, 6) is -0.0869. The molecule has 2 nitrogen and oxygen atoms in total. The summed E-state index contributed by atoms with van der Waals surface area (Å²) in [7, 11) is 0. The quantitative estimate of drug-likeness (QED) is 0.751. The number of halogens is 2. The molecule has 0 radical (unpaired) electrons. The number of benzene rings is 1. The van der Waals surface area contributed by atoms with Gasteiger partial charge in [0, 0.05) is 17.4 Å². The first-order valence-corrected chi connectivity index (χ1v) is 7.81. The van der Waals surface area contributed by atoms with E-state index in [1.54, 1.807) is 6.07 Å². The van der Waals surface area contributed by atoms with Crippen molar-refractivity contribution >= 4 is 21.8 Å². The predicted molar refractivity (Wildman–Crippen MR) is 80.3 cm³/mol. The normalized spacial score (nSPS) is 12.2. The Morgan fingerprint density at radius 2 is 2.16 bits per heavy atom. The van der Waals surface area contributed by atoms with Gasteiger partial charge < -0.3 is 5.32 Å². The van der Waals surface area contributed by atoms with Crippen molar-refractivity contribution in [3.63, 3.8) is 0 Å². The lowest BCUT2D eigenvalue weighted by Gasteiger charge is -2.16. The SMILES string of the molecule is CCCC(CCBr)CNC(=O)c1cc(F)ccc1C. The molecule has 1 N–H and O–H groups in total. The van der Waals surface area contributed by atoms with Gasteiger partial charge in [-0.2, -0.15) is 0 Å². The van der Waals surface area contributed by atoms with E-state index in [9.17, 15) is 9.18 Å². The van der Waals surface area contributed by atoms with E-state index in [1.165, 1.54) is 12.1 Å². The fourth-order valence-electron chi connectivity index (χ4n) is 2.08. The first kappa shape index (κ1) is 16.2. The average molecular weight is 330 g/mol. The lowest BCUT2D eigenvalue weighted by Crippen LogP contribution is -2.30. The van der Waals surface area contributed by atoms with E-state index in [4.69, 9.17) is 0 Å². The average Bonchev–Trinajstić information content (AvgIpc) is 2.39. The Hall–Kier alpha value is -0.900. The summed E-state index contributed by atoms with van der Waals surface area (Å²) in [5.41, 5.74) is 1.22. The summed E-state index contributed by atoms with van der Waals surface area (Å²) < 4.78 is 13.2. The first-order valence-electron chi connectivity index (χ1n) is 6.68. The number of alkyl halides is 1. The van der Waals surface area contributed by atoms with Gasteiger partial charge >= 0.3 is 0 Å². The van der Waals surface area contributed by atoms with E-state index in [0.29, 0.717) is 18.0 Å². The zero-order valence-electron chi connectivity index (χ0n) is 11.5. The molecule has 0 fully saturated rings. The van der Waals surface area contributed by atoms with Gasteiger partial charge in [-0.1, -0.05) is 35.3 Å². The number of carbonyl (C=O) groups excluding carboxylic acids is 1. The molecule has 1 atom stereocenters. The number of hydrogen-bond acceptors (Lipinski definition) is 1. The number of carbonyl (C=O) groups is 1. The third kappa shape index (κ3) is 5.31. The van der Waals surface area contributed by atoms with Crippen LogP contribution in [-0.4, -0.2) is 17.8 Å². The molecule has 1 unspecified atom stereocenters. The Labute approximate surface area is 122 Å². The van der Waals surface area contributed by atoms with Gasteiger partial charge in [-0.05, 0) is 43.4 Å². The van der Waals surface area contributed by atoms with Gasteiger partial charge in [0.2, 0.25) is 0 Å². The number of amides is 1. The predicted octanol–water partition coefficient (Wildman–Crippen LogP) is 4.07. The molecule has 1 amide bonds. The summed E-state index contributed by atoms with van der Waals surface area (Å²) >= 11 is 3.43. The van der Waals surface area contributed by atoms with Crippen LogP contribution in [0.25, 0.3) is 0 Å². The second-order valence-electron chi connectivity index (χ2n) is 4.80. The Kier molecular flexibility index (Phi) is 7.06. The van der Waals surface area contributed by atoms with Crippen molar-refractivity contribution in [3.05, 3.63) is 35.1 Å². The minimum absolute atomic E-state index is 0.187. The molecule has 1 rings (SSSR count). The second-order valence-corrected chi connectivity index (χ2v) is 5.59. The standard InChI is InChI=1S/C15H21BrFNO/c1-3-4-12(7-8-16)10-18-15(19)14-9-13(17)6-5-11(14)2/h5-6,9,12H,3-4,7-8,10H2,1-2H3,(H,18,19). The van der Waals surface area contributed by atoms with Gasteiger partial charge in [-0.25, -0.2) is 4.39 Å². The fourth-order valence-corrected chi connectivity index (χ4v) is 2.73. The zero-order chi connectivity index (χ0) is 14.3. The minimum Gasteiger partial charge on any atom is -0.352 e. The van der Waals surface area contributed by atoms with Crippen molar-refractivity contribution in [2.75, 3.05) is 11.9 Å². The molecule has 0 spiro atoms. The van der Waals surface area contributed by atoms with Crippen LogP contribution in [0.5, 0.6) is 0 Å². The van der Waals surface area contributed by atoms with Crippen LogP contribution in [-0.2, 0) is 0 Å². The molecule has 1 aromatic carbocycles. The molecular formula is C15H21BrFNO. The Morgan fingerprint density at radius 3 is 2.79 bits per heavy atom. The van der Waals surface area contributed by atoms with Gasteiger partial charge in [0.05, 0.1) is 0 Å². The van der Waals surface area contributed by atoms with E-state index in [-0.39, 0.29) is 11.7 Å². The maximum absolute atomic E-state index is 13.2. The number of aryl methyl sites for hydroxylation is 1. The van der Waals surface area contributed by atoms with Gasteiger partial charge in [0.25, 0.3) is 5.91 Å². The Bertz CT molecular complexity index is 417. The van der Waals surface area contributed by atoms with Gasteiger partial charge in [0.15, 0.2) is 0 Å². The van der Waals surface area contributed by atoms with E-state index in [2.05, 4.69) is 28.2 Å². The van der Waals surface area contributed by atoms with E-state index in [1.807, 2.05) is 6.92 Å². The van der Waals surface area contributed by atoms with Crippen LogP contribution in [0.4, 0.5) is 4.39 Å². The monoisotopic (exact) mass is 329 g/mol. The number of hydrogen-bond donors (Lipinski definition) is 1. The molecule has 0 aliphatic heterocycles. The highest BCUT2D eigenvalue weighted by atomic mass is 79.9. The molecule has 0 heterocycles. The van der Waals surface area contributed by atoms with Crippen LogP contribution in [0.2, 0.25) is 0 Å². The number of nitrogens with one attached hydrogen (secondary N) is 1. The van der Waals surface area contributed by atoms with Gasteiger partial charge in [-0.15, -0.1) is 0 Å². The zero-order valence-corrected chi connectivity index (χ0v) is 13.1. The third-order valence-corrected chi connectivity index (χ3v) is 3.67. The highest BCUT2D eigenvalue weighted by molar-refractivity contribution is 9.09. The van der Waals surface area contributed by atoms with Crippen molar-refractivity contribution in [2.24, 2.45) is 5.92 Å². The molecule has 4 heteroatoms. The lowest BCUT2D eigenvalue weighted by molar-refractivity contribution is 0.0945. The highest BCUT2D eigenvalue weighted by Gasteiger charge is 2.13. The summed E-state index contributed by atoms with van der Waals surface area (Å²) in [5, 5.41) is 3.85. The Morgan fingerprint density at radius 1 is 1.42 bits per heavy atom. The molecule has 0 saturated carbocycles. The van der Waals surface area contributed by atoms with Crippen molar-refractivity contribution in [2.45, 2.75) is 33.1 Å². The van der Waals surface area contributed by atoms with Crippen molar-refractivity contribution in [3.8, 4) is 0 Å². The van der Waals surface area contributed by atoms with Crippen LogP contribution < -0.4 is 5.32 Å². The summed E-state index contributed by atoms with van der Waals surface area (Å²) in [4.78, 5) is 12.0. The van der Waals surface area contributed by atoms with Gasteiger partial charge in [0.1, 0.15) is 5.82 Å². The molecule has 106 valence electrons. The minimum atomic E-state index is -0.374. The molecule has 0 aliphatic carbocycles. The maximum Gasteiger partial charge on any atom is 0.251 e. The molecule has 0 aliphatic rings. The van der Waals surface area contributed by atoms with Crippen molar-refractivity contribution in [1.29, 1.82) is 0 Å². The highest BCUT2D eigenvalue weighted by Crippen LogP contribution is 2.13. The van der Waals surface area contributed by atoms with E-state index >= 15 is 0 Å². The molecular weight excluding hydrogens is 309 g/mol. The van der Waals surface area contributed by atoms with Crippen LogP contribution >= 0.6 is 15.9 Å². The topological polar surface area (TPSA) is 29.1 Å².